The maximum Gasteiger partial charge on any atom is 0.262 e. The lowest BCUT2D eigenvalue weighted by Gasteiger charge is -2.07. The molecule has 4 nitrogen and oxygen atoms in total. The maximum atomic E-state index is 11.9. The predicted molar refractivity (Wildman–Crippen MR) is 95.4 cm³/mol. The summed E-state index contributed by atoms with van der Waals surface area (Å²) in [5.41, 5.74) is 0.612. The first-order valence-electron chi connectivity index (χ1n) is 6.63. The van der Waals surface area contributed by atoms with Gasteiger partial charge in [0.05, 0.1) is 0 Å². The van der Waals surface area contributed by atoms with E-state index in [1.165, 1.54) is 11.3 Å². The third-order valence-corrected chi connectivity index (χ3v) is 5.16. The van der Waals surface area contributed by atoms with E-state index in [1.54, 1.807) is 12.1 Å². The fourth-order valence-electron chi connectivity index (χ4n) is 1.76. The van der Waals surface area contributed by atoms with Crippen LogP contribution in [0.3, 0.4) is 0 Å². The van der Waals surface area contributed by atoms with Crippen molar-refractivity contribution in [3.05, 3.63) is 55.1 Å². The van der Waals surface area contributed by atoms with Crippen LogP contribution in [0.2, 0.25) is 0 Å². The second-order valence-electron chi connectivity index (χ2n) is 4.47. The molecule has 0 aliphatic rings. The molecule has 2 aromatic rings. The Morgan fingerprint density at radius 1 is 1.05 bits per heavy atom. The van der Waals surface area contributed by atoms with Crippen molar-refractivity contribution >= 4 is 55.0 Å². The molecule has 1 aromatic heterocycles. The Kier molecular flexibility index (Phi) is 6.60. The Labute approximate surface area is 149 Å². The van der Waals surface area contributed by atoms with Gasteiger partial charge in [-0.3, -0.25) is 9.59 Å². The van der Waals surface area contributed by atoms with Gasteiger partial charge in [0.25, 0.3) is 11.8 Å². The van der Waals surface area contributed by atoms with Gasteiger partial charge in [-0.05, 0) is 52.0 Å². The predicted octanol–water partition coefficient (Wildman–Crippen LogP) is 3.82. The molecular weight excluding hydrogens is 432 g/mol. The normalized spacial score (nSPS) is 10.3. The molecule has 0 saturated carbocycles. The molecule has 0 fully saturated rings. The van der Waals surface area contributed by atoms with E-state index < -0.39 is 0 Å². The Morgan fingerprint density at radius 2 is 1.77 bits per heavy atom. The zero-order valence-corrected chi connectivity index (χ0v) is 15.6. The molecule has 0 aliphatic carbocycles. The average Bonchev–Trinajstić information content (AvgIpc) is 2.92. The first kappa shape index (κ1) is 17.2. The van der Waals surface area contributed by atoms with Gasteiger partial charge < -0.3 is 10.6 Å². The molecule has 2 N–H and O–H groups in total. The van der Waals surface area contributed by atoms with E-state index in [9.17, 15) is 9.59 Å². The van der Waals surface area contributed by atoms with Gasteiger partial charge >= 0.3 is 0 Å². The van der Waals surface area contributed by atoms with Crippen molar-refractivity contribution in [2.24, 2.45) is 0 Å². The molecule has 0 aliphatic heterocycles. The zero-order chi connectivity index (χ0) is 15.9. The van der Waals surface area contributed by atoms with Crippen LogP contribution >= 0.6 is 43.2 Å². The number of hydrogen-bond acceptors (Lipinski definition) is 3. The molecule has 116 valence electrons. The average molecular weight is 446 g/mol. The van der Waals surface area contributed by atoms with Gasteiger partial charge in [-0.15, -0.1) is 11.3 Å². The van der Waals surface area contributed by atoms with Crippen LogP contribution in [0.4, 0.5) is 0 Å². The number of rotatable bonds is 6. The second kappa shape index (κ2) is 8.45. The molecular formula is C15H14Br2N2O2S. The van der Waals surface area contributed by atoms with Crippen molar-refractivity contribution in [1.82, 2.24) is 10.6 Å². The highest BCUT2D eigenvalue weighted by atomic mass is 79.9. The van der Waals surface area contributed by atoms with E-state index in [2.05, 4.69) is 42.5 Å². The van der Waals surface area contributed by atoms with Crippen LogP contribution < -0.4 is 10.6 Å². The fraction of sp³-hybridized carbons (Fsp3) is 0.200. The molecule has 0 saturated heterocycles. The van der Waals surface area contributed by atoms with Crippen molar-refractivity contribution in [2.45, 2.75) is 6.42 Å². The number of amides is 2. The Morgan fingerprint density at radius 3 is 2.41 bits per heavy atom. The van der Waals surface area contributed by atoms with Crippen molar-refractivity contribution in [1.29, 1.82) is 0 Å². The summed E-state index contributed by atoms with van der Waals surface area (Å²) >= 11 is 8.05. The number of benzene rings is 1. The van der Waals surface area contributed by atoms with Crippen LogP contribution in [0.1, 0.15) is 26.5 Å². The third kappa shape index (κ3) is 4.93. The highest BCUT2D eigenvalue weighted by molar-refractivity contribution is 9.10. The maximum absolute atomic E-state index is 11.9. The number of halogens is 2. The monoisotopic (exact) mass is 444 g/mol. The van der Waals surface area contributed by atoms with Gasteiger partial charge in [0.15, 0.2) is 0 Å². The van der Waals surface area contributed by atoms with Crippen molar-refractivity contribution in [3.63, 3.8) is 0 Å². The van der Waals surface area contributed by atoms with Crippen molar-refractivity contribution in [2.75, 3.05) is 13.1 Å². The van der Waals surface area contributed by atoms with Gasteiger partial charge in [0, 0.05) is 27.6 Å². The fourth-order valence-corrected chi connectivity index (χ4v) is 3.63. The standard InChI is InChI=1S/C15H14Br2N2O2S/c16-11-4-1-3-10(9-11)14(20)18-6-2-7-19-15(21)13-12(17)5-8-22-13/h1,3-5,8-9H,2,6-7H2,(H,18,20)(H,19,21). The highest BCUT2D eigenvalue weighted by Gasteiger charge is 2.10. The summed E-state index contributed by atoms with van der Waals surface area (Å²) in [6, 6.07) is 9.06. The van der Waals surface area contributed by atoms with Gasteiger partial charge in [0.2, 0.25) is 0 Å². The quantitative estimate of drug-likeness (QED) is 0.664. The summed E-state index contributed by atoms with van der Waals surface area (Å²) in [4.78, 5) is 24.4. The number of thiophene rings is 1. The Bertz CT molecular complexity index is 673. The summed E-state index contributed by atoms with van der Waals surface area (Å²) in [5.74, 6) is -0.214. The summed E-state index contributed by atoms with van der Waals surface area (Å²) in [6.07, 6.45) is 0.675. The minimum absolute atomic E-state index is 0.0970. The minimum atomic E-state index is -0.117. The Balaban J connectivity index is 1.68. The van der Waals surface area contributed by atoms with Crippen LogP contribution in [-0.4, -0.2) is 24.9 Å². The molecule has 1 heterocycles. The number of nitrogens with one attached hydrogen (secondary N) is 2. The smallest absolute Gasteiger partial charge is 0.262 e. The molecule has 22 heavy (non-hydrogen) atoms. The topological polar surface area (TPSA) is 58.2 Å². The van der Waals surface area contributed by atoms with E-state index in [-0.39, 0.29) is 11.8 Å². The SMILES string of the molecule is O=C(NCCCNC(=O)c1sccc1Br)c1cccc(Br)c1. The second-order valence-corrected chi connectivity index (χ2v) is 7.16. The molecule has 0 spiro atoms. The van der Waals surface area contributed by atoms with Crippen molar-refractivity contribution in [3.8, 4) is 0 Å². The van der Waals surface area contributed by atoms with E-state index >= 15 is 0 Å². The first-order valence-corrected chi connectivity index (χ1v) is 9.09. The molecule has 2 amide bonds. The van der Waals surface area contributed by atoms with Gasteiger partial charge in [-0.1, -0.05) is 22.0 Å². The summed E-state index contributed by atoms with van der Waals surface area (Å²) < 4.78 is 1.67. The van der Waals surface area contributed by atoms with Gasteiger partial charge in [-0.25, -0.2) is 0 Å². The van der Waals surface area contributed by atoms with Crippen molar-refractivity contribution < 1.29 is 9.59 Å². The van der Waals surface area contributed by atoms with Crippen LogP contribution in [-0.2, 0) is 0 Å². The summed E-state index contributed by atoms with van der Waals surface area (Å²) in [5, 5.41) is 7.52. The molecule has 0 bridgehead atoms. The lowest BCUT2D eigenvalue weighted by atomic mass is 10.2. The van der Waals surface area contributed by atoms with Gasteiger partial charge in [0.1, 0.15) is 4.88 Å². The van der Waals surface area contributed by atoms with Crippen LogP contribution in [0.5, 0.6) is 0 Å². The number of hydrogen-bond donors (Lipinski definition) is 2. The van der Waals surface area contributed by atoms with E-state index in [1.807, 2.05) is 23.6 Å². The van der Waals surface area contributed by atoms with Crippen LogP contribution in [0.25, 0.3) is 0 Å². The summed E-state index contributed by atoms with van der Waals surface area (Å²) in [7, 11) is 0. The van der Waals surface area contributed by atoms with E-state index in [0.717, 1.165) is 8.95 Å². The molecule has 1 aromatic carbocycles. The summed E-state index contributed by atoms with van der Waals surface area (Å²) in [6.45, 7) is 1.03. The third-order valence-electron chi connectivity index (χ3n) is 2.83. The molecule has 2 rings (SSSR count). The lowest BCUT2D eigenvalue weighted by molar-refractivity contribution is 0.0952. The first-order chi connectivity index (χ1) is 10.6. The largest absolute Gasteiger partial charge is 0.352 e. The molecule has 0 unspecified atom stereocenters. The lowest BCUT2D eigenvalue weighted by Crippen LogP contribution is -2.29. The van der Waals surface area contributed by atoms with Crippen LogP contribution in [0, 0.1) is 0 Å². The molecule has 0 radical (unpaired) electrons. The number of carbonyl (C=O) groups excluding carboxylic acids is 2. The van der Waals surface area contributed by atoms with Gasteiger partial charge in [-0.2, -0.15) is 0 Å². The Hall–Kier alpha value is -1.18. The number of carbonyl (C=O) groups is 2. The highest BCUT2D eigenvalue weighted by Crippen LogP contribution is 2.22. The molecule has 0 atom stereocenters. The van der Waals surface area contributed by atoms with E-state index in [0.29, 0.717) is 30.0 Å². The zero-order valence-electron chi connectivity index (χ0n) is 11.6. The molecule has 7 heteroatoms. The minimum Gasteiger partial charge on any atom is -0.352 e. The van der Waals surface area contributed by atoms with E-state index in [4.69, 9.17) is 0 Å². The van der Waals surface area contributed by atoms with Crippen LogP contribution in [0.15, 0.2) is 44.7 Å².